The first kappa shape index (κ1) is 17.8. The van der Waals surface area contributed by atoms with E-state index in [1.54, 1.807) is 36.4 Å². The second-order valence-corrected chi connectivity index (χ2v) is 6.18. The number of aryl methyl sites for hydroxylation is 1. The summed E-state index contributed by atoms with van der Waals surface area (Å²) in [6, 6.07) is 11.7. The van der Waals surface area contributed by atoms with Crippen molar-refractivity contribution < 1.29 is 9.59 Å². The van der Waals surface area contributed by atoms with Crippen molar-refractivity contribution in [2.24, 2.45) is 0 Å². The van der Waals surface area contributed by atoms with Crippen molar-refractivity contribution >= 4 is 34.9 Å². The van der Waals surface area contributed by atoms with Crippen LogP contribution in [0.25, 0.3) is 0 Å². The smallest absolute Gasteiger partial charge is 0.323 e. The van der Waals surface area contributed by atoms with E-state index >= 15 is 0 Å². The maximum Gasteiger partial charge on any atom is 0.323 e. The van der Waals surface area contributed by atoms with Crippen LogP contribution >= 0.6 is 11.6 Å². The van der Waals surface area contributed by atoms with Crippen LogP contribution in [0.4, 0.5) is 16.2 Å². The van der Waals surface area contributed by atoms with Gasteiger partial charge in [0.05, 0.1) is 0 Å². The third-order valence-corrected chi connectivity index (χ3v) is 3.51. The molecule has 3 N–H and O–H groups in total. The highest BCUT2D eigenvalue weighted by atomic mass is 35.5. The van der Waals surface area contributed by atoms with Crippen molar-refractivity contribution in [2.75, 3.05) is 10.6 Å². The SMILES string of the molecule is Cc1ccc(Cl)cc1NC(=O)Nc1ccc(C(=O)NC(C)C)cc1. The molecule has 0 aliphatic rings. The second-order valence-electron chi connectivity index (χ2n) is 5.74. The Labute approximate surface area is 146 Å². The minimum absolute atomic E-state index is 0.0713. The lowest BCUT2D eigenvalue weighted by atomic mass is 10.2. The zero-order valence-corrected chi connectivity index (χ0v) is 14.6. The third kappa shape index (κ3) is 4.99. The molecule has 0 fully saturated rings. The van der Waals surface area contributed by atoms with Crippen molar-refractivity contribution in [3.8, 4) is 0 Å². The highest BCUT2D eigenvalue weighted by molar-refractivity contribution is 6.31. The molecule has 0 atom stereocenters. The summed E-state index contributed by atoms with van der Waals surface area (Å²) in [7, 11) is 0. The fraction of sp³-hybridized carbons (Fsp3) is 0.222. The molecule has 0 radical (unpaired) electrons. The molecule has 0 aliphatic carbocycles. The number of rotatable bonds is 4. The van der Waals surface area contributed by atoms with Gasteiger partial charge in [0.25, 0.3) is 5.91 Å². The van der Waals surface area contributed by atoms with Crippen molar-refractivity contribution in [1.29, 1.82) is 0 Å². The molecule has 0 aliphatic heterocycles. The van der Waals surface area contributed by atoms with Crippen LogP contribution in [0.2, 0.25) is 5.02 Å². The number of urea groups is 1. The molecule has 0 saturated heterocycles. The summed E-state index contributed by atoms with van der Waals surface area (Å²) in [4.78, 5) is 23.9. The minimum atomic E-state index is -0.375. The third-order valence-electron chi connectivity index (χ3n) is 3.27. The molecule has 0 heterocycles. The average molecular weight is 346 g/mol. The number of nitrogens with one attached hydrogen (secondary N) is 3. The number of benzene rings is 2. The Morgan fingerprint density at radius 2 is 1.67 bits per heavy atom. The molecule has 2 aromatic carbocycles. The van der Waals surface area contributed by atoms with Gasteiger partial charge in [0.1, 0.15) is 0 Å². The van der Waals surface area contributed by atoms with Gasteiger partial charge in [-0.15, -0.1) is 0 Å². The van der Waals surface area contributed by atoms with Crippen LogP contribution in [0, 0.1) is 6.92 Å². The summed E-state index contributed by atoms with van der Waals surface area (Å²) in [6.07, 6.45) is 0. The van der Waals surface area contributed by atoms with E-state index in [-0.39, 0.29) is 18.0 Å². The number of anilines is 2. The van der Waals surface area contributed by atoms with Gasteiger partial charge in [-0.3, -0.25) is 4.79 Å². The van der Waals surface area contributed by atoms with E-state index in [1.807, 2.05) is 26.8 Å². The molecule has 5 nitrogen and oxygen atoms in total. The van der Waals surface area contributed by atoms with Crippen molar-refractivity contribution in [3.05, 3.63) is 58.6 Å². The van der Waals surface area contributed by atoms with E-state index in [4.69, 9.17) is 11.6 Å². The van der Waals surface area contributed by atoms with Gasteiger partial charge in [0.15, 0.2) is 0 Å². The summed E-state index contributed by atoms with van der Waals surface area (Å²) in [5.41, 5.74) is 2.69. The molecule has 0 spiro atoms. The first-order chi connectivity index (χ1) is 11.3. The van der Waals surface area contributed by atoms with Crippen molar-refractivity contribution in [3.63, 3.8) is 0 Å². The van der Waals surface area contributed by atoms with Crippen LogP contribution in [0.15, 0.2) is 42.5 Å². The Balaban J connectivity index is 1.99. The first-order valence-electron chi connectivity index (χ1n) is 7.60. The van der Waals surface area contributed by atoms with Gasteiger partial charge in [0, 0.05) is 28.0 Å². The maximum absolute atomic E-state index is 12.1. The van der Waals surface area contributed by atoms with Crippen molar-refractivity contribution in [2.45, 2.75) is 26.8 Å². The van der Waals surface area contributed by atoms with Gasteiger partial charge in [-0.1, -0.05) is 17.7 Å². The number of carbonyl (C=O) groups excluding carboxylic acids is 2. The summed E-state index contributed by atoms with van der Waals surface area (Å²) >= 11 is 5.93. The average Bonchev–Trinajstić information content (AvgIpc) is 2.51. The van der Waals surface area contributed by atoms with E-state index < -0.39 is 0 Å². The summed E-state index contributed by atoms with van der Waals surface area (Å²) in [5, 5.41) is 8.83. The van der Waals surface area contributed by atoms with Crippen LogP contribution in [-0.4, -0.2) is 18.0 Å². The Morgan fingerprint density at radius 1 is 1.00 bits per heavy atom. The summed E-state index contributed by atoms with van der Waals surface area (Å²) in [5.74, 6) is -0.143. The molecule has 2 aromatic rings. The molecule has 0 unspecified atom stereocenters. The fourth-order valence-corrected chi connectivity index (χ4v) is 2.24. The van der Waals surface area contributed by atoms with Gasteiger partial charge in [-0.05, 0) is 62.7 Å². The molecule has 126 valence electrons. The Bertz CT molecular complexity index is 742. The number of hydrogen-bond donors (Lipinski definition) is 3. The molecule has 2 rings (SSSR count). The van der Waals surface area contributed by atoms with Gasteiger partial charge >= 0.3 is 6.03 Å². The van der Waals surface area contributed by atoms with Gasteiger partial charge in [-0.25, -0.2) is 4.79 Å². The predicted molar refractivity (Wildman–Crippen MR) is 97.9 cm³/mol. The lowest BCUT2D eigenvalue weighted by molar-refractivity contribution is 0.0943. The molecule has 0 saturated carbocycles. The molecule has 24 heavy (non-hydrogen) atoms. The van der Waals surface area contributed by atoms with Crippen molar-refractivity contribution in [1.82, 2.24) is 5.32 Å². The lowest BCUT2D eigenvalue weighted by Gasteiger charge is -2.11. The van der Waals surface area contributed by atoms with Crippen LogP contribution in [0.1, 0.15) is 29.8 Å². The molecule has 0 aromatic heterocycles. The van der Waals surface area contributed by atoms with Crippen LogP contribution in [0.5, 0.6) is 0 Å². The van der Waals surface area contributed by atoms with E-state index in [9.17, 15) is 9.59 Å². The number of amides is 3. The Kier molecular flexibility index (Phi) is 5.82. The number of halogens is 1. The van der Waals surface area contributed by atoms with E-state index in [1.165, 1.54) is 0 Å². The van der Waals surface area contributed by atoms with Gasteiger partial charge in [-0.2, -0.15) is 0 Å². The zero-order chi connectivity index (χ0) is 17.7. The molecular formula is C18H20ClN3O2. The monoisotopic (exact) mass is 345 g/mol. The maximum atomic E-state index is 12.1. The lowest BCUT2D eigenvalue weighted by Crippen LogP contribution is -2.30. The summed E-state index contributed by atoms with van der Waals surface area (Å²) in [6.45, 7) is 5.68. The molecule has 6 heteroatoms. The largest absolute Gasteiger partial charge is 0.350 e. The summed E-state index contributed by atoms with van der Waals surface area (Å²) < 4.78 is 0. The van der Waals surface area contributed by atoms with Crippen LogP contribution in [-0.2, 0) is 0 Å². The van der Waals surface area contributed by atoms with E-state index in [0.29, 0.717) is 22.0 Å². The van der Waals surface area contributed by atoms with Gasteiger partial charge in [0.2, 0.25) is 0 Å². The van der Waals surface area contributed by atoms with Crippen LogP contribution in [0.3, 0.4) is 0 Å². The number of carbonyl (C=O) groups is 2. The number of hydrogen-bond acceptors (Lipinski definition) is 2. The van der Waals surface area contributed by atoms with E-state index in [2.05, 4.69) is 16.0 Å². The molecule has 3 amide bonds. The molecular weight excluding hydrogens is 326 g/mol. The second kappa shape index (κ2) is 7.84. The minimum Gasteiger partial charge on any atom is -0.350 e. The first-order valence-corrected chi connectivity index (χ1v) is 7.98. The normalized spacial score (nSPS) is 10.4. The molecule has 0 bridgehead atoms. The van der Waals surface area contributed by atoms with Gasteiger partial charge < -0.3 is 16.0 Å². The highest BCUT2D eigenvalue weighted by Gasteiger charge is 2.08. The highest BCUT2D eigenvalue weighted by Crippen LogP contribution is 2.20. The fourth-order valence-electron chi connectivity index (χ4n) is 2.06. The van der Waals surface area contributed by atoms with Crippen LogP contribution < -0.4 is 16.0 Å². The standard InChI is InChI=1S/C18H20ClN3O2/c1-11(2)20-17(23)13-5-8-15(9-6-13)21-18(24)22-16-10-14(19)7-4-12(16)3/h4-11H,1-3H3,(H,20,23)(H2,21,22,24). The Morgan fingerprint density at radius 3 is 2.29 bits per heavy atom. The topological polar surface area (TPSA) is 70.2 Å². The predicted octanol–water partition coefficient (Wildman–Crippen LogP) is 4.43. The Hall–Kier alpha value is -2.53. The quantitative estimate of drug-likeness (QED) is 0.767. The van der Waals surface area contributed by atoms with E-state index in [0.717, 1.165) is 5.56 Å². The zero-order valence-electron chi connectivity index (χ0n) is 13.8.